The molecule has 0 aromatic heterocycles. The van der Waals surface area contributed by atoms with Crippen molar-refractivity contribution in [3.63, 3.8) is 0 Å². The summed E-state index contributed by atoms with van der Waals surface area (Å²) in [6.07, 6.45) is 0. The number of hydrogen-bond donors (Lipinski definition) is 1. The van der Waals surface area contributed by atoms with Crippen molar-refractivity contribution in [2.24, 2.45) is 5.41 Å². The van der Waals surface area contributed by atoms with Crippen LogP contribution >= 0.6 is 31.9 Å². The van der Waals surface area contributed by atoms with Gasteiger partial charge in [0.15, 0.2) is 0 Å². The molecule has 0 saturated heterocycles. The highest BCUT2D eigenvalue weighted by Gasteiger charge is 2.21. The fourth-order valence-corrected chi connectivity index (χ4v) is 1.52. The van der Waals surface area contributed by atoms with E-state index >= 15 is 0 Å². The minimum Gasteiger partial charge on any atom is -0.326 e. The van der Waals surface area contributed by atoms with E-state index in [1.807, 2.05) is 39.0 Å². The first-order valence-electron chi connectivity index (χ1n) is 4.57. The third-order valence-corrected chi connectivity index (χ3v) is 3.74. The Kier molecular flexibility index (Phi) is 3.95. The zero-order valence-corrected chi connectivity index (χ0v) is 12.1. The number of hydrogen-bond acceptors (Lipinski definition) is 1. The third kappa shape index (κ3) is 3.61. The van der Waals surface area contributed by atoms with Gasteiger partial charge in [-0.1, -0.05) is 20.8 Å². The van der Waals surface area contributed by atoms with Gasteiger partial charge in [-0.05, 0) is 50.1 Å². The van der Waals surface area contributed by atoms with E-state index < -0.39 is 0 Å². The molecule has 82 valence electrons. The Hall–Kier alpha value is -0.350. The maximum Gasteiger partial charge on any atom is 0.229 e. The van der Waals surface area contributed by atoms with Crippen LogP contribution < -0.4 is 5.32 Å². The van der Waals surface area contributed by atoms with Crippen LogP contribution in [0.5, 0.6) is 0 Å². The molecule has 2 nitrogen and oxygen atoms in total. The molecule has 0 atom stereocenters. The lowest BCUT2D eigenvalue weighted by Crippen LogP contribution is -2.27. The van der Waals surface area contributed by atoms with Crippen LogP contribution in [0.4, 0.5) is 5.69 Å². The second-order valence-electron chi connectivity index (χ2n) is 4.33. The quantitative estimate of drug-likeness (QED) is 0.819. The normalized spacial score (nSPS) is 11.3. The van der Waals surface area contributed by atoms with Gasteiger partial charge >= 0.3 is 0 Å². The Morgan fingerprint density at radius 3 is 2.27 bits per heavy atom. The molecule has 0 aliphatic heterocycles. The van der Waals surface area contributed by atoms with Gasteiger partial charge in [0.1, 0.15) is 0 Å². The van der Waals surface area contributed by atoms with Gasteiger partial charge in [0.2, 0.25) is 5.91 Å². The van der Waals surface area contributed by atoms with Crippen LogP contribution in [0.3, 0.4) is 0 Å². The van der Waals surface area contributed by atoms with Crippen molar-refractivity contribution in [2.45, 2.75) is 20.8 Å². The summed E-state index contributed by atoms with van der Waals surface area (Å²) < 4.78 is 1.89. The third-order valence-electron chi connectivity index (χ3n) is 1.86. The van der Waals surface area contributed by atoms with Gasteiger partial charge < -0.3 is 5.32 Å². The Morgan fingerprint density at radius 1 is 1.20 bits per heavy atom. The number of amides is 1. The molecule has 0 spiro atoms. The van der Waals surface area contributed by atoms with E-state index in [1.165, 1.54) is 0 Å². The van der Waals surface area contributed by atoms with Crippen LogP contribution in [0.2, 0.25) is 0 Å². The minimum atomic E-state index is -0.375. The number of carbonyl (C=O) groups excluding carboxylic acids is 1. The number of halogens is 2. The second kappa shape index (κ2) is 4.66. The van der Waals surface area contributed by atoms with Crippen molar-refractivity contribution in [2.75, 3.05) is 5.32 Å². The van der Waals surface area contributed by atoms with Crippen LogP contribution in [0.1, 0.15) is 20.8 Å². The Balaban J connectivity index is 2.83. The SMILES string of the molecule is CC(C)(C)C(=O)Nc1ccc(Br)c(Br)c1. The summed E-state index contributed by atoms with van der Waals surface area (Å²) in [6, 6.07) is 5.62. The molecule has 0 bridgehead atoms. The maximum absolute atomic E-state index is 11.7. The molecule has 0 fully saturated rings. The van der Waals surface area contributed by atoms with Crippen molar-refractivity contribution in [3.8, 4) is 0 Å². The van der Waals surface area contributed by atoms with Crippen LogP contribution in [0.15, 0.2) is 27.1 Å². The smallest absolute Gasteiger partial charge is 0.229 e. The molecular weight excluding hydrogens is 322 g/mol. The summed E-state index contributed by atoms with van der Waals surface area (Å²) in [4.78, 5) is 11.7. The summed E-state index contributed by atoms with van der Waals surface area (Å²) in [5.41, 5.74) is 0.421. The first-order valence-corrected chi connectivity index (χ1v) is 6.16. The maximum atomic E-state index is 11.7. The van der Waals surface area contributed by atoms with Gasteiger partial charge in [-0.25, -0.2) is 0 Å². The highest BCUT2D eigenvalue weighted by atomic mass is 79.9. The number of anilines is 1. The van der Waals surface area contributed by atoms with E-state index in [-0.39, 0.29) is 11.3 Å². The van der Waals surface area contributed by atoms with Crippen LogP contribution in [0, 0.1) is 5.41 Å². The van der Waals surface area contributed by atoms with Crippen molar-refractivity contribution in [3.05, 3.63) is 27.1 Å². The Labute approximate surface area is 107 Å². The summed E-state index contributed by atoms with van der Waals surface area (Å²) in [5, 5.41) is 2.86. The summed E-state index contributed by atoms with van der Waals surface area (Å²) in [7, 11) is 0. The zero-order chi connectivity index (χ0) is 11.6. The predicted octanol–water partition coefficient (Wildman–Crippen LogP) is 4.20. The van der Waals surface area contributed by atoms with Gasteiger partial charge in [0, 0.05) is 20.0 Å². The first kappa shape index (κ1) is 12.7. The minimum absolute atomic E-state index is 0.0109. The van der Waals surface area contributed by atoms with Crippen molar-refractivity contribution in [1.29, 1.82) is 0 Å². The van der Waals surface area contributed by atoms with Gasteiger partial charge in [0.05, 0.1) is 0 Å². The number of benzene rings is 1. The highest BCUT2D eigenvalue weighted by Crippen LogP contribution is 2.27. The molecular formula is C11H13Br2NO. The number of rotatable bonds is 1. The van der Waals surface area contributed by atoms with Gasteiger partial charge in [0.25, 0.3) is 0 Å². The van der Waals surface area contributed by atoms with Crippen LogP contribution in [-0.4, -0.2) is 5.91 Å². The lowest BCUT2D eigenvalue weighted by Gasteiger charge is -2.17. The molecule has 1 aromatic rings. The van der Waals surface area contributed by atoms with Crippen LogP contribution in [0.25, 0.3) is 0 Å². The molecule has 0 aliphatic carbocycles. The topological polar surface area (TPSA) is 29.1 Å². The molecule has 0 unspecified atom stereocenters. The van der Waals surface area contributed by atoms with Crippen molar-refractivity contribution in [1.82, 2.24) is 0 Å². The summed E-state index contributed by atoms with van der Waals surface area (Å²) in [6.45, 7) is 5.66. The molecule has 1 N–H and O–H groups in total. The van der Waals surface area contributed by atoms with E-state index in [0.717, 1.165) is 14.6 Å². The molecule has 1 aromatic carbocycles. The number of nitrogens with one attached hydrogen (secondary N) is 1. The standard InChI is InChI=1S/C11H13Br2NO/c1-11(2,3)10(15)14-7-4-5-8(12)9(13)6-7/h4-6H,1-3H3,(H,14,15). The van der Waals surface area contributed by atoms with Crippen molar-refractivity contribution >= 4 is 43.5 Å². The zero-order valence-electron chi connectivity index (χ0n) is 8.90. The van der Waals surface area contributed by atoms with E-state index in [0.29, 0.717) is 0 Å². The van der Waals surface area contributed by atoms with Crippen LogP contribution in [-0.2, 0) is 4.79 Å². The van der Waals surface area contributed by atoms with Gasteiger partial charge in [-0.15, -0.1) is 0 Å². The molecule has 1 amide bonds. The van der Waals surface area contributed by atoms with E-state index in [4.69, 9.17) is 0 Å². The summed E-state index contributed by atoms with van der Waals surface area (Å²) >= 11 is 6.76. The average Bonchev–Trinajstić information content (AvgIpc) is 2.10. The lowest BCUT2D eigenvalue weighted by molar-refractivity contribution is -0.123. The lowest BCUT2D eigenvalue weighted by atomic mass is 9.95. The molecule has 0 radical (unpaired) electrons. The molecule has 0 aliphatic rings. The fourth-order valence-electron chi connectivity index (χ4n) is 0.892. The van der Waals surface area contributed by atoms with E-state index in [9.17, 15) is 4.79 Å². The second-order valence-corrected chi connectivity index (χ2v) is 6.04. The fraction of sp³-hybridized carbons (Fsp3) is 0.364. The van der Waals surface area contributed by atoms with E-state index in [1.54, 1.807) is 0 Å². The molecule has 4 heteroatoms. The average molecular weight is 335 g/mol. The number of carbonyl (C=O) groups is 1. The molecule has 15 heavy (non-hydrogen) atoms. The molecule has 0 saturated carbocycles. The monoisotopic (exact) mass is 333 g/mol. The Morgan fingerprint density at radius 2 is 1.80 bits per heavy atom. The van der Waals surface area contributed by atoms with Crippen molar-refractivity contribution < 1.29 is 4.79 Å². The molecule has 0 heterocycles. The van der Waals surface area contributed by atoms with Gasteiger partial charge in [-0.2, -0.15) is 0 Å². The summed E-state index contributed by atoms with van der Waals surface area (Å²) in [5.74, 6) is 0.0109. The largest absolute Gasteiger partial charge is 0.326 e. The first-order chi connectivity index (χ1) is 6.80. The highest BCUT2D eigenvalue weighted by molar-refractivity contribution is 9.13. The Bertz CT molecular complexity index is 383. The predicted molar refractivity (Wildman–Crippen MR) is 69.9 cm³/mol. The van der Waals surface area contributed by atoms with Gasteiger partial charge in [-0.3, -0.25) is 4.79 Å². The molecule has 1 rings (SSSR count). The van der Waals surface area contributed by atoms with E-state index in [2.05, 4.69) is 37.2 Å².